The molecule has 0 saturated heterocycles. The molecule has 1 unspecified atom stereocenters. The normalized spacial score (nSPS) is 12.1. The molecule has 0 saturated carbocycles. The van der Waals surface area contributed by atoms with Gasteiger partial charge in [-0.3, -0.25) is 4.98 Å². The predicted octanol–water partition coefficient (Wildman–Crippen LogP) is 2.97. The first-order valence-corrected chi connectivity index (χ1v) is 6.58. The summed E-state index contributed by atoms with van der Waals surface area (Å²) in [6.45, 7) is 1.08. The minimum absolute atomic E-state index is 0.158. The molecule has 1 heterocycles. The molecule has 2 rings (SSSR count). The van der Waals surface area contributed by atoms with E-state index in [-0.39, 0.29) is 5.92 Å². The topological polar surface area (TPSA) is 48.1 Å². The maximum atomic E-state index is 5.79. The Morgan fingerprint density at radius 1 is 1.22 bits per heavy atom. The molecule has 94 valence electrons. The number of benzene rings is 1. The smallest absolute Gasteiger partial charge is 0.133 e. The van der Waals surface area contributed by atoms with Crippen molar-refractivity contribution in [2.75, 3.05) is 13.2 Å². The maximum Gasteiger partial charge on any atom is 0.133 e. The van der Waals surface area contributed by atoms with Gasteiger partial charge in [-0.15, -0.1) is 0 Å². The molecule has 4 heteroatoms. The summed E-state index contributed by atoms with van der Waals surface area (Å²) in [5.41, 5.74) is 6.89. The van der Waals surface area contributed by atoms with Crippen molar-refractivity contribution in [3.63, 3.8) is 0 Å². The van der Waals surface area contributed by atoms with Crippen molar-refractivity contribution in [1.29, 1.82) is 0 Å². The monoisotopic (exact) mass is 306 g/mol. The van der Waals surface area contributed by atoms with E-state index >= 15 is 0 Å². The molecule has 0 aliphatic heterocycles. The molecule has 0 radical (unpaired) electrons. The second-order valence-electron chi connectivity index (χ2n) is 3.96. The van der Waals surface area contributed by atoms with Crippen LogP contribution in [0.15, 0.2) is 53.3 Å². The van der Waals surface area contributed by atoms with Crippen LogP contribution in [0, 0.1) is 0 Å². The van der Waals surface area contributed by atoms with Crippen LogP contribution in [0.4, 0.5) is 0 Å². The highest BCUT2D eigenvalue weighted by Gasteiger charge is 2.11. The summed E-state index contributed by atoms with van der Waals surface area (Å²) in [6.07, 6.45) is 3.59. The van der Waals surface area contributed by atoms with E-state index in [4.69, 9.17) is 10.5 Å². The molecule has 2 N–H and O–H groups in total. The van der Waals surface area contributed by atoms with E-state index in [9.17, 15) is 0 Å². The molecule has 1 aromatic carbocycles. The largest absolute Gasteiger partial charge is 0.492 e. The lowest BCUT2D eigenvalue weighted by Gasteiger charge is -2.16. The van der Waals surface area contributed by atoms with Gasteiger partial charge in [-0.2, -0.15) is 0 Å². The summed E-state index contributed by atoms with van der Waals surface area (Å²) in [5.74, 6) is 0.991. The van der Waals surface area contributed by atoms with E-state index in [0.29, 0.717) is 13.2 Å². The Hall–Kier alpha value is -1.39. The van der Waals surface area contributed by atoms with Crippen LogP contribution in [0.1, 0.15) is 11.5 Å². The number of para-hydroxylation sites is 1. The summed E-state index contributed by atoms with van der Waals surface area (Å²) >= 11 is 3.46. The Kier molecular flexibility index (Phi) is 4.73. The zero-order valence-electron chi connectivity index (χ0n) is 9.92. The molecule has 1 atom stereocenters. The van der Waals surface area contributed by atoms with Gasteiger partial charge in [0.15, 0.2) is 0 Å². The van der Waals surface area contributed by atoms with E-state index in [1.807, 2.05) is 42.6 Å². The van der Waals surface area contributed by atoms with Gasteiger partial charge in [-0.05, 0) is 39.7 Å². The van der Waals surface area contributed by atoms with Gasteiger partial charge in [0.25, 0.3) is 0 Å². The van der Waals surface area contributed by atoms with E-state index in [2.05, 4.69) is 20.9 Å². The quantitative estimate of drug-likeness (QED) is 0.924. The number of ether oxygens (including phenoxy) is 1. The Morgan fingerprint density at radius 3 is 2.72 bits per heavy atom. The highest BCUT2D eigenvalue weighted by atomic mass is 79.9. The second kappa shape index (κ2) is 6.52. The average molecular weight is 307 g/mol. The highest BCUT2D eigenvalue weighted by Crippen LogP contribution is 2.25. The van der Waals surface area contributed by atoms with Crippen molar-refractivity contribution in [3.8, 4) is 5.75 Å². The first-order valence-electron chi connectivity index (χ1n) is 5.78. The van der Waals surface area contributed by atoms with E-state index < -0.39 is 0 Å². The molecule has 0 bridgehead atoms. The molecule has 1 aromatic heterocycles. The van der Waals surface area contributed by atoms with Gasteiger partial charge in [0, 0.05) is 24.9 Å². The minimum atomic E-state index is 0.158. The highest BCUT2D eigenvalue weighted by molar-refractivity contribution is 9.10. The van der Waals surface area contributed by atoms with Gasteiger partial charge < -0.3 is 10.5 Å². The molecule has 0 fully saturated rings. The number of hydrogen-bond donors (Lipinski definition) is 1. The third-order valence-corrected chi connectivity index (χ3v) is 3.37. The summed E-state index contributed by atoms with van der Waals surface area (Å²) in [7, 11) is 0. The van der Waals surface area contributed by atoms with Gasteiger partial charge in [-0.1, -0.05) is 18.2 Å². The first-order chi connectivity index (χ1) is 8.81. The van der Waals surface area contributed by atoms with Crippen LogP contribution in [0.5, 0.6) is 5.75 Å². The molecule has 2 aromatic rings. The lowest BCUT2D eigenvalue weighted by atomic mass is 10.0. The number of nitrogens with two attached hydrogens (primary N) is 1. The van der Waals surface area contributed by atoms with Crippen molar-refractivity contribution in [3.05, 3.63) is 58.8 Å². The zero-order chi connectivity index (χ0) is 12.8. The van der Waals surface area contributed by atoms with Crippen LogP contribution in [0.25, 0.3) is 0 Å². The number of rotatable bonds is 5. The van der Waals surface area contributed by atoms with Gasteiger partial charge in [0.1, 0.15) is 5.75 Å². The molecule has 3 nitrogen and oxygen atoms in total. The minimum Gasteiger partial charge on any atom is -0.492 e. The summed E-state index contributed by atoms with van der Waals surface area (Å²) in [5, 5.41) is 0. The molecule has 0 spiro atoms. The summed E-state index contributed by atoms with van der Waals surface area (Å²) in [4.78, 5) is 4.11. The third-order valence-electron chi connectivity index (χ3n) is 2.72. The Labute approximate surface area is 115 Å². The van der Waals surface area contributed by atoms with Crippen LogP contribution < -0.4 is 10.5 Å². The number of halogens is 1. The predicted molar refractivity (Wildman–Crippen MR) is 75.7 cm³/mol. The van der Waals surface area contributed by atoms with Crippen molar-refractivity contribution >= 4 is 15.9 Å². The van der Waals surface area contributed by atoms with Crippen LogP contribution in [-0.2, 0) is 0 Å². The van der Waals surface area contributed by atoms with Crippen molar-refractivity contribution in [1.82, 2.24) is 4.98 Å². The SMILES string of the molecule is NCC(COc1ccccc1Br)c1cccnc1. The molecule has 18 heavy (non-hydrogen) atoms. The van der Waals surface area contributed by atoms with Crippen LogP contribution in [0.2, 0.25) is 0 Å². The maximum absolute atomic E-state index is 5.79. The van der Waals surface area contributed by atoms with E-state index in [0.717, 1.165) is 15.8 Å². The number of nitrogens with zero attached hydrogens (tertiary/aromatic N) is 1. The van der Waals surface area contributed by atoms with Crippen LogP contribution in [-0.4, -0.2) is 18.1 Å². The summed E-state index contributed by atoms with van der Waals surface area (Å²) in [6, 6.07) is 11.7. The number of aromatic nitrogens is 1. The van der Waals surface area contributed by atoms with Gasteiger partial charge in [0.2, 0.25) is 0 Å². The van der Waals surface area contributed by atoms with E-state index in [1.54, 1.807) is 6.20 Å². The standard InChI is InChI=1S/C14H15BrN2O/c15-13-5-1-2-6-14(13)18-10-12(8-16)11-4-3-7-17-9-11/h1-7,9,12H,8,10,16H2. The molecular weight excluding hydrogens is 292 g/mol. The Morgan fingerprint density at radius 2 is 2.06 bits per heavy atom. The summed E-state index contributed by atoms with van der Waals surface area (Å²) < 4.78 is 6.74. The lowest BCUT2D eigenvalue weighted by molar-refractivity contribution is 0.288. The fraction of sp³-hybridized carbons (Fsp3) is 0.214. The van der Waals surface area contributed by atoms with E-state index in [1.165, 1.54) is 0 Å². The Bertz CT molecular complexity index is 490. The van der Waals surface area contributed by atoms with Crippen LogP contribution >= 0.6 is 15.9 Å². The number of hydrogen-bond acceptors (Lipinski definition) is 3. The first kappa shape index (κ1) is 13.1. The van der Waals surface area contributed by atoms with Crippen molar-refractivity contribution in [2.45, 2.75) is 5.92 Å². The fourth-order valence-electron chi connectivity index (χ4n) is 1.67. The van der Waals surface area contributed by atoms with Gasteiger partial charge >= 0.3 is 0 Å². The van der Waals surface area contributed by atoms with Crippen molar-refractivity contribution < 1.29 is 4.74 Å². The van der Waals surface area contributed by atoms with Gasteiger partial charge in [-0.25, -0.2) is 0 Å². The van der Waals surface area contributed by atoms with Gasteiger partial charge in [0.05, 0.1) is 11.1 Å². The van der Waals surface area contributed by atoms with Crippen LogP contribution in [0.3, 0.4) is 0 Å². The van der Waals surface area contributed by atoms with Crippen molar-refractivity contribution in [2.24, 2.45) is 5.73 Å². The fourth-order valence-corrected chi connectivity index (χ4v) is 2.07. The lowest BCUT2D eigenvalue weighted by Crippen LogP contribution is -2.19. The molecule has 0 aliphatic rings. The average Bonchev–Trinajstić information content (AvgIpc) is 2.42. The zero-order valence-corrected chi connectivity index (χ0v) is 11.5. The Balaban J connectivity index is 2.02. The molecule has 0 aliphatic carbocycles. The second-order valence-corrected chi connectivity index (χ2v) is 4.81. The number of pyridine rings is 1. The molecular formula is C14H15BrN2O. The third kappa shape index (κ3) is 3.31. The molecule has 0 amide bonds.